The fourth-order valence-corrected chi connectivity index (χ4v) is 6.35. The zero-order valence-corrected chi connectivity index (χ0v) is 27.7. The van der Waals surface area contributed by atoms with Crippen molar-refractivity contribution >= 4 is 37.1 Å². The number of amides is 4. The normalized spacial score (nSPS) is 14.4. The van der Waals surface area contributed by atoms with Crippen molar-refractivity contribution in [2.24, 2.45) is 11.7 Å². The Labute approximate surface area is 275 Å². The summed E-state index contributed by atoms with van der Waals surface area (Å²) >= 11 is 0. The summed E-state index contributed by atoms with van der Waals surface area (Å²) in [5, 5.41) is 7.81. The standard InChI is InChI=1S/C35H43N4O7P/c1-24(2)20-30(35(43)38-29(33(36)41)19-10-16-25-12-6-4-7-13-25)37-31(40)23-47(44,45)32(21-26-14-8-5-9-15-26)39-34(42)27-17-11-18-28(22-27)46-3/h4-18,22,24,29-30,32H,19-21,23H2,1-3H3,(H2,36,41)(H,37,40)(H,38,43)(H,39,42)(H,44,45)/t29-,30-,32?/m0/s1. The van der Waals surface area contributed by atoms with Crippen LogP contribution in [0.25, 0.3) is 6.08 Å². The second-order valence-corrected chi connectivity index (χ2v) is 14.0. The van der Waals surface area contributed by atoms with Gasteiger partial charge in [-0.2, -0.15) is 0 Å². The van der Waals surface area contributed by atoms with Gasteiger partial charge in [-0.05, 0) is 48.1 Å². The van der Waals surface area contributed by atoms with E-state index in [0.717, 1.165) is 5.56 Å². The Balaban J connectivity index is 1.74. The van der Waals surface area contributed by atoms with E-state index in [2.05, 4.69) is 16.0 Å². The lowest BCUT2D eigenvalue weighted by atomic mass is 10.0. The number of carbonyl (C=O) groups excluding carboxylic acids is 4. The van der Waals surface area contributed by atoms with Crippen LogP contribution in [0.3, 0.4) is 0 Å². The third-order valence-corrected chi connectivity index (χ3v) is 9.29. The van der Waals surface area contributed by atoms with Gasteiger partial charge in [0.05, 0.1) is 7.11 Å². The van der Waals surface area contributed by atoms with Crippen molar-refractivity contribution in [3.8, 4) is 5.75 Å². The van der Waals surface area contributed by atoms with Crippen molar-refractivity contribution in [1.29, 1.82) is 0 Å². The van der Waals surface area contributed by atoms with E-state index in [4.69, 9.17) is 10.5 Å². The van der Waals surface area contributed by atoms with E-state index in [1.165, 1.54) is 13.2 Å². The van der Waals surface area contributed by atoms with Crippen molar-refractivity contribution < 1.29 is 33.4 Å². The maximum absolute atomic E-state index is 13.8. The van der Waals surface area contributed by atoms with E-state index in [1.807, 2.05) is 44.2 Å². The maximum Gasteiger partial charge on any atom is 0.252 e. The minimum absolute atomic E-state index is 0.0235. The van der Waals surface area contributed by atoms with Crippen LogP contribution in [-0.4, -0.2) is 59.7 Å². The fraction of sp³-hybridized carbons (Fsp3) is 0.314. The van der Waals surface area contributed by atoms with Crippen LogP contribution < -0.4 is 26.4 Å². The van der Waals surface area contributed by atoms with Crippen LogP contribution in [0.15, 0.2) is 91.0 Å². The molecule has 4 amide bonds. The second-order valence-electron chi connectivity index (χ2n) is 11.6. The zero-order chi connectivity index (χ0) is 34.4. The number of rotatable bonds is 17. The minimum atomic E-state index is -4.42. The summed E-state index contributed by atoms with van der Waals surface area (Å²) in [7, 11) is -2.96. The molecule has 3 aromatic rings. The topological polar surface area (TPSA) is 177 Å². The number of benzene rings is 3. The summed E-state index contributed by atoms with van der Waals surface area (Å²) in [5.41, 5.74) is 7.35. The molecule has 4 atom stereocenters. The summed E-state index contributed by atoms with van der Waals surface area (Å²) in [4.78, 5) is 63.1. The minimum Gasteiger partial charge on any atom is -0.497 e. The SMILES string of the molecule is COc1cccc(C(=O)NC(Cc2ccccc2)P(=O)(O)CC(=O)N[C@@H](CC(C)C)C(=O)N[C@@H](CC=Cc2ccccc2)C(N)=O)c1. The molecule has 0 heterocycles. The highest BCUT2D eigenvalue weighted by atomic mass is 31.2. The first-order valence-corrected chi connectivity index (χ1v) is 17.2. The van der Waals surface area contributed by atoms with Gasteiger partial charge in [0, 0.05) is 12.0 Å². The van der Waals surface area contributed by atoms with Gasteiger partial charge in [0.25, 0.3) is 5.91 Å². The van der Waals surface area contributed by atoms with E-state index in [1.54, 1.807) is 60.7 Å². The number of hydrogen-bond acceptors (Lipinski definition) is 6. The van der Waals surface area contributed by atoms with E-state index in [0.29, 0.717) is 11.3 Å². The molecule has 0 saturated carbocycles. The van der Waals surface area contributed by atoms with Gasteiger partial charge in [-0.1, -0.05) is 92.7 Å². The van der Waals surface area contributed by atoms with Gasteiger partial charge in [-0.25, -0.2) is 0 Å². The summed E-state index contributed by atoms with van der Waals surface area (Å²) in [6.45, 7) is 3.70. The predicted octanol–water partition coefficient (Wildman–Crippen LogP) is 3.87. The van der Waals surface area contributed by atoms with Crippen LogP contribution in [0.2, 0.25) is 0 Å². The van der Waals surface area contributed by atoms with Crippen LogP contribution >= 0.6 is 7.37 Å². The molecule has 2 unspecified atom stereocenters. The average Bonchev–Trinajstić information content (AvgIpc) is 3.04. The monoisotopic (exact) mass is 662 g/mol. The molecule has 0 radical (unpaired) electrons. The molecule has 0 spiro atoms. The van der Waals surface area contributed by atoms with Gasteiger partial charge >= 0.3 is 0 Å². The van der Waals surface area contributed by atoms with Gasteiger partial charge in [0.15, 0.2) is 0 Å². The van der Waals surface area contributed by atoms with Crippen LogP contribution in [0.5, 0.6) is 5.75 Å². The smallest absolute Gasteiger partial charge is 0.252 e. The Hall–Kier alpha value is -4.73. The predicted molar refractivity (Wildman–Crippen MR) is 182 cm³/mol. The van der Waals surface area contributed by atoms with Crippen molar-refractivity contribution in [2.75, 3.05) is 13.3 Å². The molecule has 47 heavy (non-hydrogen) atoms. The van der Waals surface area contributed by atoms with Gasteiger partial charge in [-0.15, -0.1) is 0 Å². The van der Waals surface area contributed by atoms with Gasteiger partial charge in [-0.3, -0.25) is 23.7 Å². The number of ether oxygens (including phenoxy) is 1. The molecule has 3 aromatic carbocycles. The van der Waals surface area contributed by atoms with E-state index < -0.39 is 55.0 Å². The van der Waals surface area contributed by atoms with E-state index in [9.17, 15) is 28.6 Å². The molecule has 3 rings (SSSR count). The molecule has 250 valence electrons. The molecule has 11 nitrogen and oxygen atoms in total. The van der Waals surface area contributed by atoms with Crippen LogP contribution in [0.1, 0.15) is 48.2 Å². The third kappa shape index (κ3) is 12.2. The van der Waals surface area contributed by atoms with Crippen LogP contribution in [-0.2, 0) is 25.4 Å². The highest BCUT2D eigenvalue weighted by molar-refractivity contribution is 7.59. The summed E-state index contributed by atoms with van der Waals surface area (Å²) in [6.07, 6.45) is 2.95. The average molecular weight is 663 g/mol. The lowest BCUT2D eigenvalue weighted by molar-refractivity contribution is -0.131. The molecule has 0 fully saturated rings. The van der Waals surface area contributed by atoms with Crippen molar-refractivity contribution in [3.05, 3.63) is 108 Å². The summed E-state index contributed by atoms with van der Waals surface area (Å²) < 4.78 is 19.0. The van der Waals surface area contributed by atoms with E-state index in [-0.39, 0.29) is 30.7 Å². The molecule has 0 aliphatic rings. The molecule has 0 aromatic heterocycles. The number of nitrogens with one attached hydrogen (secondary N) is 3. The Morgan fingerprint density at radius 2 is 1.55 bits per heavy atom. The first kappa shape index (κ1) is 36.7. The molecule has 0 aliphatic carbocycles. The number of methoxy groups -OCH3 is 1. The number of carbonyl (C=O) groups is 4. The lowest BCUT2D eigenvalue weighted by Crippen LogP contribution is -2.53. The maximum atomic E-state index is 13.8. The van der Waals surface area contributed by atoms with Gasteiger partial charge in [0.1, 0.15) is 29.8 Å². The Morgan fingerprint density at radius 3 is 2.17 bits per heavy atom. The molecule has 0 aliphatic heterocycles. The van der Waals surface area contributed by atoms with Crippen molar-refractivity contribution in [1.82, 2.24) is 16.0 Å². The molecular weight excluding hydrogens is 619 g/mol. The Kier molecular flexibility index (Phi) is 13.9. The second kappa shape index (κ2) is 17.8. The van der Waals surface area contributed by atoms with Crippen molar-refractivity contribution in [3.63, 3.8) is 0 Å². The third-order valence-electron chi connectivity index (χ3n) is 7.26. The Bertz CT molecular complexity index is 1580. The molecule has 0 bridgehead atoms. The highest BCUT2D eigenvalue weighted by Gasteiger charge is 2.36. The van der Waals surface area contributed by atoms with Crippen LogP contribution in [0, 0.1) is 5.92 Å². The van der Waals surface area contributed by atoms with E-state index >= 15 is 0 Å². The molecule has 0 saturated heterocycles. The largest absolute Gasteiger partial charge is 0.497 e. The zero-order valence-electron chi connectivity index (χ0n) is 26.8. The first-order valence-electron chi connectivity index (χ1n) is 15.3. The Morgan fingerprint density at radius 1 is 0.894 bits per heavy atom. The number of primary amides is 1. The molecular formula is C35H43N4O7P. The highest BCUT2D eigenvalue weighted by Crippen LogP contribution is 2.46. The summed E-state index contributed by atoms with van der Waals surface area (Å²) in [5.74, 6) is -3.80. The fourth-order valence-electron chi connectivity index (χ4n) is 4.81. The molecule has 6 N–H and O–H groups in total. The number of nitrogens with two attached hydrogens (primary N) is 1. The summed E-state index contributed by atoms with van der Waals surface area (Å²) in [6, 6.07) is 22.4. The van der Waals surface area contributed by atoms with Gasteiger partial charge < -0.3 is 31.3 Å². The van der Waals surface area contributed by atoms with Crippen molar-refractivity contribution in [2.45, 2.75) is 51.0 Å². The van der Waals surface area contributed by atoms with Gasteiger partial charge in [0.2, 0.25) is 25.1 Å². The lowest BCUT2D eigenvalue weighted by Gasteiger charge is -2.26. The number of hydrogen-bond donors (Lipinski definition) is 5. The molecule has 12 heteroatoms. The first-order chi connectivity index (χ1) is 22.4. The van der Waals surface area contributed by atoms with Crippen LogP contribution in [0.4, 0.5) is 0 Å². The quantitative estimate of drug-likeness (QED) is 0.136.